The largest absolute Gasteiger partial charge is 0.429 e. The minimum absolute atomic E-state index is 0.274. The summed E-state index contributed by atoms with van der Waals surface area (Å²) < 4.78 is 61.1. The molecule has 6 heteroatoms. The zero-order valence-corrected chi connectivity index (χ0v) is 7.57. The van der Waals surface area contributed by atoms with Crippen LogP contribution in [-0.4, -0.2) is 11.9 Å². The first-order valence-electron chi connectivity index (χ1n) is 3.88. The molecule has 0 bridgehead atoms. The van der Waals surface area contributed by atoms with E-state index in [1.165, 1.54) is 0 Å². The maximum Gasteiger partial charge on any atom is 0.429 e. The van der Waals surface area contributed by atoms with Crippen molar-refractivity contribution in [2.75, 3.05) is 0 Å². The highest BCUT2D eigenvalue weighted by Gasteiger charge is 2.31. The maximum absolute atomic E-state index is 12.6. The SMILES string of the molecule is CC(=Nc1ccc(F)c(F)c1)C(F)(F)F. The Morgan fingerprint density at radius 2 is 1.73 bits per heavy atom. The first kappa shape index (κ1) is 11.6. The summed E-state index contributed by atoms with van der Waals surface area (Å²) in [6.07, 6.45) is -4.56. The van der Waals surface area contributed by atoms with E-state index in [4.69, 9.17) is 0 Å². The van der Waals surface area contributed by atoms with E-state index in [2.05, 4.69) is 4.99 Å². The molecule has 15 heavy (non-hydrogen) atoms. The van der Waals surface area contributed by atoms with Crippen molar-refractivity contribution >= 4 is 11.4 Å². The Morgan fingerprint density at radius 3 is 2.20 bits per heavy atom. The van der Waals surface area contributed by atoms with Gasteiger partial charge >= 0.3 is 6.18 Å². The highest BCUT2D eigenvalue weighted by molar-refractivity contribution is 5.89. The van der Waals surface area contributed by atoms with Crippen molar-refractivity contribution in [2.24, 2.45) is 4.99 Å². The summed E-state index contributed by atoms with van der Waals surface area (Å²) in [5, 5.41) is 0. The van der Waals surface area contributed by atoms with Crippen LogP contribution in [0, 0.1) is 11.6 Å². The van der Waals surface area contributed by atoms with Crippen LogP contribution in [0.4, 0.5) is 27.6 Å². The molecule has 0 unspecified atom stereocenters. The van der Waals surface area contributed by atoms with Gasteiger partial charge in [-0.1, -0.05) is 0 Å². The van der Waals surface area contributed by atoms with Crippen LogP contribution in [0.2, 0.25) is 0 Å². The monoisotopic (exact) mass is 223 g/mol. The van der Waals surface area contributed by atoms with E-state index in [1.54, 1.807) is 0 Å². The summed E-state index contributed by atoms with van der Waals surface area (Å²) in [4.78, 5) is 3.12. The predicted octanol–water partition coefficient (Wildman–Crippen LogP) is 3.62. The van der Waals surface area contributed by atoms with Gasteiger partial charge in [0.15, 0.2) is 11.6 Å². The van der Waals surface area contributed by atoms with Gasteiger partial charge in [0.2, 0.25) is 0 Å². The molecule has 0 aliphatic heterocycles. The summed E-state index contributed by atoms with van der Waals surface area (Å²) in [5.74, 6) is -2.36. The normalized spacial score (nSPS) is 13.1. The Labute approximate surface area is 82.2 Å². The molecular weight excluding hydrogens is 217 g/mol. The van der Waals surface area contributed by atoms with Gasteiger partial charge in [0.25, 0.3) is 0 Å². The third kappa shape index (κ3) is 3.00. The summed E-state index contributed by atoms with van der Waals surface area (Å²) in [5.41, 5.74) is -1.39. The number of hydrogen-bond donors (Lipinski definition) is 0. The zero-order valence-electron chi connectivity index (χ0n) is 7.57. The van der Waals surface area contributed by atoms with Crippen LogP contribution in [-0.2, 0) is 0 Å². The van der Waals surface area contributed by atoms with Crippen LogP contribution in [0.5, 0.6) is 0 Å². The van der Waals surface area contributed by atoms with Gasteiger partial charge in [0, 0.05) is 6.07 Å². The van der Waals surface area contributed by atoms with E-state index in [9.17, 15) is 22.0 Å². The summed E-state index contributed by atoms with van der Waals surface area (Å²) in [6, 6.07) is 2.29. The highest BCUT2D eigenvalue weighted by atomic mass is 19.4. The number of halogens is 5. The molecule has 0 fully saturated rings. The number of hydrogen-bond acceptors (Lipinski definition) is 1. The van der Waals surface area contributed by atoms with E-state index in [0.717, 1.165) is 19.1 Å². The predicted molar refractivity (Wildman–Crippen MR) is 45.2 cm³/mol. The van der Waals surface area contributed by atoms with Gasteiger partial charge in [-0.05, 0) is 19.1 Å². The number of benzene rings is 1. The molecule has 0 aliphatic carbocycles. The summed E-state index contributed by atoms with van der Waals surface area (Å²) >= 11 is 0. The standard InChI is InChI=1S/C9H6F5N/c1-5(9(12,13)14)15-6-2-3-7(10)8(11)4-6/h2-4H,1H3. The van der Waals surface area contributed by atoms with Crippen molar-refractivity contribution in [3.63, 3.8) is 0 Å². The minimum atomic E-state index is -4.56. The van der Waals surface area contributed by atoms with Crippen LogP contribution < -0.4 is 0 Å². The van der Waals surface area contributed by atoms with Gasteiger partial charge in [-0.3, -0.25) is 0 Å². The van der Waals surface area contributed by atoms with Crippen molar-refractivity contribution < 1.29 is 22.0 Å². The van der Waals surface area contributed by atoms with Crippen molar-refractivity contribution in [3.05, 3.63) is 29.8 Å². The van der Waals surface area contributed by atoms with Crippen LogP contribution in [0.3, 0.4) is 0 Å². The lowest BCUT2D eigenvalue weighted by molar-refractivity contribution is -0.0591. The Balaban J connectivity index is 3.04. The zero-order chi connectivity index (χ0) is 11.6. The molecule has 0 amide bonds. The quantitative estimate of drug-likeness (QED) is 0.509. The second kappa shape index (κ2) is 3.96. The van der Waals surface area contributed by atoms with Gasteiger partial charge in [-0.25, -0.2) is 13.8 Å². The second-order valence-corrected chi connectivity index (χ2v) is 2.79. The minimum Gasteiger partial charge on any atom is -0.249 e. The molecule has 0 atom stereocenters. The second-order valence-electron chi connectivity index (χ2n) is 2.79. The van der Waals surface area contributed by atoms with Crippen molar-refractivity contribution in [3.8, 4) is 0 Å². The molecule has 1 aromatic rings. The molecule has 0 N–H and O–H groups in total. The van der Waals surface area contributed by atoms with Gasteiger partial charge in [0.05, 0.1) is 5.69 Å². The molecule has 1 aromatic carbocycles. The molecule has 0 aliphatic rings. The Bertz CT molecular complexity index is 394. The molecule has 0 heterocycles. The topological polar surface area (TPSA) is 12.4 Å². The highest BCUT2D eigenvalue weighted by Crippen LogP contribution is 2.22. The van der Waals surface area contributed by atoms with Crippen LogP contribution in [0.25, 0.3) is 0 Å². The third-order valence-corrected chi connectivity index (χ3v) is 1.61. The van der Waals surface area contributed by atoms with E-state index < -0.39 is 23.5 Å². The Morgan fingerprint density at radius 1 is 1.13 bits per heavy atom. The number of alkyl halides is 3. The first-order chi connectivity index (χ1) is 6.80. The molecule has 1 rings (SSSR count). The lowest BCUT2D eigenvalue weighted by Crippen LogP contribution is -2.18. The molecule has 0 radical (unpaired) electrons. The van der Waals surface area contributed by atoms with E-state index in [0.29, 0.717) is 6.07 Å². The van der Waals surface area contributed by atoms with E-state index in [1.807, 2.05) is 0 Å². The fraction of sp³-hybridized carbons (Fsp3) is 0.222. The Hall–Kier alpha value is -1.46. The smallest absolute Gasteiger partial charge is 0.249 e. The van der Waals surface area contributed by atoms with E-state index in [-0.39, 0.29) is 5.69 Å². The van der Waals surface area contributed by atoms with Crippen molar-refractivity contribution in [1.82, 2.24) is 0 Å². The van der Waals surface area contributed by atoms with Crippen molar-refractivity contribution in [1.29, 1.82) is 0 Å². The average molecular weight is 223 g/mol. The molecule has 0 saturated heterocycles. The lowest BCUT2D eigenvalue weighted by Gasteiger charge is -2.05. The van der Waals surface area contributed by atoms with Crippen LogP contribution in [0.15, 0.2) is 23.2 Å². The Kier molecular flexibility index (Phi) is 3.06. The van der Waals surface area contributed by atoms with Gasteiger partial charge in [-0.15, -0.1) is 0 Å². The fourth-order valence-electron chi connectivity index (χ4n) is 0.812. The third-order valence-electron chi connectivity index (χ3n) is 1.61. The fourth-order valence-corrected chi connectivity index (χ4v) is 0.812. The first-order valence-corrected chi connectivity index (χ1v) is 3.88. The average Bonchev–Trinajstić information content (AvgIpc) is 2.10. The number of rotatable bonds is 1. The molecular formula is C9H6F5N. The molecule has 82 valence electrons. The molecule has 0 aromatic heterocycles. The van der Waals surface area contributed by atoms with Crippen molar-refractivity contribution in [2.45, 2.75) is 13.1 Å². The molecule has 0 saturated carbocycles. The van der Waals surface area contributed by atoms with Gasteiger partial charge < -0.3 is 0 Å². The molecule has 0 spiro atoms. The van der Waals surface area contributed by atoms with E-state index >= 15 is 0 Å². The lowest BCUT2D eigenvalue weighted by atomic mass is 10.3. The summed E-state index contributed by atoms with van der Waals surface area (Å²) in [6.45, 7) is 0.751. The number of aliphatic imine (C=N–C) groups is 1. The summed E-state index contributed by atoms with van der Waals surface area (Å²) in [7, 11) is 0. The van der Waals surface area contributed by atoms with Crippen LogP contribution in [0.1, 0.15) is 6.92 Å². The number of nitrogens with zero attached hydrogens (tertiary/aromatic N) is 1. The van der Waals surface area contributed by atoms with Crippen LogP contribution >= 0.6 is 0 Å². The van der Waals surface area contributed by atoms with Gasteiger partial charge in [0.1, 0.15) is 5.71 Å². The maximum atomic E-state index is 12.6. The molecule has 1 nitrogen and oxygen atoms in total. The van der Waals surface area contributed by atoms with Gasteiger partial charge in [-0.2, -0.15) is 13.2 Å².